The number of fused-ring (bicyclic) bond motifs is 1. The highest BCUT2D eigenvalue weighted by atomic mass is 35.5. The molecule has 0 saturated heterocycles. The third kappa shape index (κ3) is 6.09. The molecule has 176 valence electrons. The zero-order valence-corrected chi connectivity index (χ0v) is 18.5. The maximum atomic E-state index is 12.9. The molecule has 32 heavy (non-hydrogen) atoms. The Bertz CT molecular complexity index is 892. The molecule has 1 aromatic rings. The van der Waals surface area contributed by atoms with E-state index < -0.39 is 36.4 Å². The Hall–Kier alpha value is -2.89. The standard InChI is InChI=1S/C20H26ClN3O8/c1-3-22(4-2)7-8-23-12-24(15-6-5-13(21)9-14(15)18(23)28)32-17(27)11-20(31,19(29)30)10-16(25)26/h5-6,9,31H,3-4,7-8,10-12H2,1-2H3,(H,25,26)(H,29,30). The topological polar surface area (TPSA) is 148 Å². The molecule has 0 spiro atoms. The van der Waals surface area contributed by atoms with Crippen LogP contribution in [0, 0.1) is 0 Å². The van der Waals surface area contributed by atoms with E-state index in [9.17, 15) is 24.3 Å². The van der Waals surface area contributed by atoms with E-state index in [0.717, 1.165) is 18.2 Å². The Kier molecular flexibility index (Phi) is 8.42. The van der Waals surface area contributed by atoms with Gasteiger partial charge in [0, 0.05) is 18.1 Å². The molecule has 1 aliphatic rings. The molecule has 1 aromatic carbocycles. The van der Waals surface area contributed by atoms with Crippen molar-refractivity contribution in [3.05, 3.63) is 28.8 Å². The predicted octanol–water partition coefficient (Wildman–Crippen LogP) is 1.04. The minimum absolute atomic E-state index is 0.134. The van der Waals surface area contributed by atoms with Gasteiger partial charge in [0.15, 0.2) is 5.60 Å². The number of carboxylic acids is 2. The number of carbonyl (C=O) groups excluding carboxylic acids is 2. The van der Waals surface area contributed by atoms with Crippen LogP contribution in [0.3, 0.4) is 0 Å². The number of hydrogen-bond acceptors (Lipinski definition) is 8. The van der Waals surface area contributed by atoms with E-state index in [1.807, 2.05) is 13.8 Å². The Morgan fingerprint density at radius 2 is 1.84 bits per heavy atom. The van der Waals surface area contributed by atoms with Gasteiger partial charge in [-0.1, -0.05) is 25.4 Å². The third-order valence-electron chi connectivity index (χ3n) is 5.12. The van der Waals surface area contributed by atoms with Crippen molar-refractivity contribution in [1.29, 1.82) is 0 Å². The van der Waals surface area contributed by atoms with Crippen molar-refractivity contribution in [3.8, 4) is 0 Å². The van der Waals surface area contributed by atoms with Gasteiger partial charge in [-0.05, 0) is 31.3 Å². The highest BCUT2D eigenvalue weighted by Gasteiger charge is 2.42. The van der Waals surface area contributed by atoms with Crippen LogP contribution in [-0.4, -0.2) is 87.4 Å². The summed E-state index contributed by atoms with van der Waals surface area (Å²) in [7, 11) is 0. The van der Waals surface area contributed by atoms with Gasteiger partial charge in [-0.3, -0.25) is 9.59 Å². The smallest absolute Gasteiger partial charge is 0.336 e. The lowest BCUT2D eigenvalue weighted by Gasteiger charge is -2.37. The monoisotopic (exact) mass is 471 g/mol. The molecular weight excluding hydrogens is 446 g/mol. The Balaban J connectivity index is 2.24. The molecule has 1 unspecified atom stereocenters. The molecule has 3 N–H and O–H groups in total. The largest absolute Gasteiger partial charge is 0.481 e. The SMILES string of the molecule is CCN(CC)CCN1CN(OC(=O)CC(O)(CC(=O)O)C(=O)O)c2ccc(Cl)cc2C1=O. The number of nitrogens with zero attached hydrogens (tertiary/aromatic N) is 3. The molecule has 0 bridgehead atoms. The Morgan fingerprint density at radius 3 is 2.41 bits per heavy atom. The van der Waals surface area contributed by atoms with E-state index in [4.69, 9.17) is 26.7 Å². The van der Waals surface area contributed by atoms with Crippen LogP contribution in [0.15, 0.2) is 18.2 Å². The van der Waals surface area contributed by atoms with Crippen LogP contribution >= 0.6 is 11.6 Å². The number of halogens is 1. The molecule has 1 amide bonds. The first kappa shape index (κ1) is 25.4. The number of rotatable bonds is 11. The summed E-state index contributed by atoms with van der Waals surface area (Å²) in [4.78, 5) is 56.4. The van der Waals surface area contributed by atoms with Crippen molar-refractivity contribution in [2.24, 2.45) is 0 Å². The highest BCUT2D eigenvalue weighted by molar-refractivity contribution is 6.31. The summed E-state index contributed by atoms with van der Waals surface area (Å²) in [6.45, 7) is 6.34. The van der Waals surface area contributed by atoms with Crippen molar-refractivity contribution in [1.82, 2.24) is 9.80 Å². The lowest BCUT2D eigenvalue weighted by Crippen LogP contribution is -2.50. The van der Waals surface area contributed by atoms with Gasteiger partial charge in [0.05, 0.1) is 24.1 Å². The quantitative estimate of drug-likeness (QED) is 0.427. The average molecular weight is 472 g/mol. The maximum absolute atomic E-state index is 12.9. The third-order valence-corrected chi connectivity index (χ3v) is 5.35. The number of carboxylic acid groups (broad SMARTS) is 2. The molecule has 1 atom stereocenters. The fraction of sp³-hybridized carbons (Fsp3) is 0.500. The lowest BCUT2D eigenvalue weighted by atomic mass is 9.96. The van der Waals surface area contributed by atoms with Gasteiger partial charge >= 0.3 is 17.9 Å². The van der Waals surface area contributed by atoms with Crippen LogP contribution in [-0.2, 0) is 19.2 Å². The van der Waals surface area contributed by atoms with Crippen molar-refractivity contribution >= 4 is 41.1 Å². The predicted molar refractivity (Wildman–Crippen MR) is 113 cm³/mol. The van der Waals surface area contributed by atoms with Crippen LogP contribution in [0.2, 0.25) is 5.02 Å². The lowest BCUT2D eigenvalue weighted by molar-refractivity contribution is -0.172. The normalized spacial score (nSPS) is 15.3. The number of amides is 1. The Labute approximate surface area is 189 Å². The first-order chi connectivity index (χ1) is 15.0. The van der Waals surface area contributed by atoms with Crippen LogP contribution < -0.4 is 5.06 Å². The molecular formula is C20H26ClN3O8. The summed E-state index contributed by atoms with van der Waals surface area (Å²) in [5.74, 6) is -4.93. The first-order valence-corrected chi connectivity index (χ1v) is 10.4. The summed E-state index contributed by atoms with van der Waals surface area (Å²) >= 11 is 6.03. The van der Waals surface area contributed by atoms with Crippen molar-refractivity contribution in [3.63, 3.8) is 0 Å². The maximum Gasteiger partial charge on any atom is 0.336 e. The second-order valence-electron chi connectivity index (χ2n) is 7.32. The van der Waals surface area contributed by atoms with Gasteiger partial charge < -0.3 is 30.0 Å². The molecule has 1 heterocycles. The molecule has 2 rings (SSSR count). The van der Waals surface area contributed by atoms with Gasteiger partial charge in [0.1, 0.15) is 6.67 Å². The fourth-order valence-corrected chi connectivity index (χ4v) is 3.45. The molecule has 0 saturated carbocycles. The molecule has 0 fully saturated rings. The molecule has 12 heteroatoms. The fourth-order valence-electron chi connectivity index (χ4n) is 3.27. The average Bonchev–Trinajstić information content (AvgIpc) is 2.70. The highest BCUT2D eigenvalue weighted by Crippen LogP contribution is 2.31. The number of hydroxylamine groups is 1. The van der Waals surface area contributed by atoms with Crippen molar-refractivity contribution in [2.75, 3.05) is 37.9 Å². The van der Waals surface area contributed by atoms with E-state index in [1.54, 1.807) is 0 Å². The minimum atomic E-state index is -2.83. The van der Waals surface area contributed by atoms with E-state index >= 15 is 0 Å². The van der Waals surface area contributed by atoms with E-state index in [0.29, 0.717) is 18.1 Å². The molecule has 11 nitrogen and oxygen atoms in total. The summed E-state index contributed by atoms with van der Waals surface area (Å²) in [5, 5.41) is 29.5. The van der Waals surface area contributed by atoms with Crippen LogP contribution in [0.5, 0.6) is 0 Å². The van der Waals surface area contributed by atoms with Crippen molar-refractivity contribution in [2.45, 2.75) is 32.3 Å². The van der Waals surface area contributed by atoms with Crippen molar-refractivity contribution < 1.29 is 39.3 Å². The molecule has 0 radical (unpaired) electrons. The van der Waals surface area contributed by atoms with Gasteiger partial charge in [0.25, 0.3) is 5.91 Å². The summed E-state index contributed by atoms with van der Waals surface area (Å²) in [5.41, 5.74) is -2.40. The molecule has 0 aromatic heterocycles. The number of aliphatic carboxylic acids is 2. The zero-order valence-electron chi connectivity index (χ0n) is 17.8. The van der Waals surface area contributed by atoms with E-state index in [2.05, 4.69) is 4.90 Å². The van der Waals surface area contributed by atoms with Gasteiger partial charge in [-0.15, -0.1) is 0 Å². The van der Waals surface area contributed by atoms with Gasteiger partial charge in [-0.2, -0.15) is 5.06 Å². The van der Waals surface area contributed by atoms with Gasteiger partial charge in [-0.25, -0.2) is 9.59 Å². The van der Waals surface area contributed by atoms with Crippen LogP contribution in [0.4, 0.5) is 5.69 Å². The summed E-state index contributed by atoms with van der Waals surface area (Å²) in [6, 6.07) is 4.41. The number of benzene rings is 1. The number of anilines is 1. The van der Waals surface area contributed by atoms with Crippen LogP contribution in [0.1, 0.15) is 37.0 Å². The number of hydrogen-bond donors (Lipinski definition) is 3. The van der Waals surface area contributed by atoms with E-state index in [1.165, 1.54) is 23.1 Å². The number of carbonyl (C=O) groups is 4. The molecule has 1 aliphatic heterocycles. The second-order valence-corrected chi connectivity index (χ2v) is 7.76. The Morgan fingerprint density at radius 1 is 1.19 bits per heavy atom. The summed E-state index contributed by atoms with van der Waals surface area (Å²) < 4.78 is 0. The minimum Gasteiger partial charge on any atom is -0.481 e. The summed E-state index contributed by atoms with van der Waals surface area (Å²) in [6.07, 6.45) is -2.28. The second kappa shape index (κ2) is 10.6. The zero-order chi connectivity index (χ0) is 24.1. The number of likely N-dealkylation sites (N-methyl/N-ethyl adjacent to an activating group) is 1. The van der Waals surface area contributed by atoms with Crippen LogP contribution in [0.25, 0.3) is 0 Å². The number of aliphatic hydroxyl groups is 1. The molecule has 0 aliphatic carbocycles. The van der Waals surface area contributed by atoms with Gasteiger partial charge in [0.2, 0.25) is 0 Å². The van der Waals surface area contributed by atoms with E-state index in [-0.39, 0.29) is 23.8 Å². The first-order valence-electron chi connectivity index (χ1n) is 9.97.